The second-order valence-corrected chi connectivity index (χ2v) is 5.76. The van der Waals surface area contributed by atoms with Crippen molar-refractivity contribution in [2.24, 2.45) is 7.05 Å². The molecule has 1 amide bonds. The lowest BCUT2D eigenvalue weighted by molar-refractivity contribution is 0.0755. The van der Waals surface area contributed by atoms with Gasteiger partial charge in [-0.3, -0.25) is 9.48 Å². The van der Waals surface area contributed by atoms with Crippen LogP contribution < -0.4 is 0 Å². The predicted molar refractivity (Wildman–Crippen MR) is 78.7 cm³/mol. The van der Waals surface area contributed by atoms with Crippen LogP contribution in [-0.4, -0.2) is 63.5 Å². The third-order valence-corrected chi connectivity index (χ3v) is 3.96. The molecule has 106 valence electrons. The van der Waals surface area contributed by atoms with Gasteiger partial charge in [0.2, 0.25) is 0 Å². The molecule has 2 rings (SSSR count). The number of rotatable bonds is 3. The maximum Gasteiger partial charge on any atom is 0.274 e. The molecule has 0 saturated carbocycles. The van der Waals surface area contributed by atoms with Crippen LogP contribution in [0, 0.1) is 6.92 Å². The van der Waals surface area contributed by atoms with Gasteiger partial charge in [0.1, 0.15) is 0 Å². The quantitative estimate of drug-likeness (QED) is 0.785. The summed E-state index contributed by atoms with van der Waals surface area (Å²) in [4.78, 5) is 16.7. The first kappa shape index (κ1) is 14.5. The van der Waals surface area contributed by atoms with Crippen LogP contribution >= 0.6 is 15.9 Å². The Morgan fingerprint density at radius 1 is 1.37 bits per heavy atom. The number of hydrogen-bond acceptors (Lipinski definition) is 3. The average Bonchev–Trinajstić information content (AvgIpc) is 2.61. The number of amides is 1. The highest BCUT2D eigenvalue weighted by Gasteiger charge is 2.22. The number of halogens is 1. The van der Waals surface area contributed by atoms with Gasteiger partial charge in [-0.15, -0.1) is 0 Å². The van der Waals surface area contributed by atoms with E-state index < -0.39 is 0 Å². The second-order valence-electron chi connectivity index (χ2n) is 4.97. The van der Waals surface area contributed by atoms with Crippen molar-refractivity contribution in [3.8, 4) is 0 Å². The number of aromatic nitrogens is 2. The first-order chi connectivity index (χ1) is 9.11. The maximum atomic E-state index is 12.4. The Morgan fingerprint density at radius 3 is 2.79 bits per heavy atom. The van der Waals surface area contributed by atoms with E-state index in [1.165, 1.54) is 0 Å². The standard InChI is InChI=1S/C13H21BrN4O/c1-11-10-12(15-16(11)2)13(19)18-6-3-5-17(7-4-14)8-9-18/h10H,3-9H2,1-2H3. The zero-order valence-electron chi connectivity index (χ0n) is 11.6. The molecule has 0 atom stereocenters. The Hall–Kier alpha value is -0.880. The van der Waals surface area contributed by atoms with Crippen LogP contribution in [0.4, 0.5) is 0 Å². The summed E-state index contributed by atoms with van der Waals surface area (Å²) in [5.74, 6) is 0.0596. The molecule has 1 aliphatic heterocycles. The van der Waals surface area contributed by atoms with E-state index >= 15 is 0 Å². The van der Waals surface area contributed by atoms with Crippen LogP contribution in [-0.2, 0) is 7.05 Å². The SMILES string of the molecule is Cc1cc(C(=O)N2CCCN(CCBr)CC2)nn1C. The molecular formula is C13H21BrN4O. The number of aryl methyl sites for hydroxylation is 2. The van der Waals surface area contributed by atoms with Crippen molar-refractivity contribution in [1.82, 2.24) is 19.6 Å². The van der Waals surface area contributed by atoms with Crippen molar-refractivity contribution in [3.63, 3.8) is 0 Å². The monoisotopic (exact) mass is 328 g/mol. The normalized spacial score (nSPS) is 17.5. The van der Waals surface area contributed by atoms with Crippen LogP contribution in [0.2, 0.25) is 0 Å². The number of carbonyl (C=O) groups excluding carboxylic acids is 1. The highest BCUT2D eigenvalue weighted by atomic mass is 79.9. The highest BCUT2D eigenvalue weighted by Crippen LogP contribution is 2.09. The molecule has 2 heterocycles. The molecular weight excluding hydrogens is 308 g/mol. The van der Waals surface area contributed by atoms with Crippen molar-refractivity contribution >= 4 is 21.8 Å². The third-order valence-electron chi connectivity index (χ3n) is 3.61. The van der Waals surface area contributed by atoms with Crippen LogP contribution in [0.1, 0.15) is 22.6 Å². The summed E-state index contributed by atoms with van der Waals surface area (Å²) in [6.07, 6.45) is 1.03. The molecule has 1 aromatic heterocycles. The summed E-state index contributed by atoms with van der Waals surface area (Å²) < 4.78 is 1.75. The summed E-state index contributed by atoms with van der Waals surface area (Å²) in [6, 6.07) is 1.86. The summed E-state index contributed by atoms with van der Waals surface area (Å²) in [5.41, 5.74) is 1.58. The fraction of sp³-hybridized carbons (Fsp3) is 0.692. The lowest BCUT2D eigenvalue weighted by atomic mass is 10.3. The molecule has 5 nitrogen and oxygen atoms in total. The topological polar surface area (TPSA) is 41.4 Å². The smallest absolute Gasteiger partial charge is 0.274 e. The van der Waals surface area contributed by atoms with Gasteiger partial charge in [0, 0.05) is 44.3 Å². The second kappa shape index (κ2) is 6.52. The van der Waals surface area contributed by atoms with Gasteiger partial charge >= 0.3 is 0 Å². The zero-order chi connectivity index (χ0) is 13.8. The molecule has 6 heteroatoms. The van der Waals surface area contributed by atoms with E-state index in [4.69, 9.17) is 0 Å². The molecule has 0 N–H and O–H groups in total. The Bertz CT molecular complexity index is 426. The third kappa shape index (κ3) is 3.57. The van der Waals surface area contributed by atoms with Crippen molar-refractivity contribution < 1.29 is 4.79 Å². The minimum absolute atomic E-state index is 0.0596. The van der Waals surface area contributed by atoms with E-state index in [-0.39, 0.29) is 5.91 Å². The summed E-state index contributed by atoms with van der Waals surface area (Å²) >= 11 is 3.47. The predicted octanol–water partition coefficient (Wildman–Crippen LogP) is 1.27. The zero-order valence-corrected chi connectivity index (χ0v) is 13.2. The molecule has 0 radical (unpaired) electrons. The molecule has 1 aliphatic rings. The molecule has 1 fully saturated rings. The number of nitrogens with zero attached hydrogens (tertiary/aromatic N) is 4. The number of alkyl halides is 1. The minimum atomic E-state index is 0.0596. The molecule has 0 bridgehead atoms. The van der Waals surface area contributed by atoms with Gasteiger partial charge < -0.3 is 9.80 Å². The van der Waals surface area contributed by atoms with Gasteiger partial charge in [-0.05, 0) is 26.0 Å². The molecule has 0 spiro atoms. The van der Waals surface area contributed by atoms with Gasteiger partial charge in [0.15, 0.2) is 5.69 Å². The number of carbonyl (C=O) groups is 1. The molecule has 0 aromatic carbocycles. The van der Waals surface area contributed by atoms with Crippen LogP contribution in [0.25, 0.3) is 0 Å². The lowest BCUT2D eigenvalue weighted by Gasteiger charge is -2.20. The van der Waals surface area contributed by atoms with E-state index in [0.717, 1.165) is 50.2 Å². The van der Waals surface area contributed by atoms with Crippen LogP contribution in [0.3, 0.4) is 0 Å². The molecule has 1 aromatic rings. The van der Waals surface area contributed by atoms with E-state index in [0.29, 0.717) is 5.69 Å². The molecule has 0 aliphatic carbocycles. The van der Waals surface area contributed by atoms with Crippen molar-refractivity contribution in [2.75, 3.05) is 38.1 Å². The van der Waals surface area contributed by atoms with Crippen molar-refractivity contribution in [1.29, 1.82) is 0 Å². The summed E-state index contributed by atoms with van der Waals surface area (Å²) in [7, 11) is 1.87. The van der Waals surface area contributed by atoms with Crippen LogP contribution in [0.15, 0.2) is 6.07 Å². The molecule has 1 saturated heterocycles. The fourth-order valence-corrected chi connectivity index (χ4v) is 2.85. The molecule has 0 unspecified atom stereocenters. The first-order valence-corrected chi connectivity index (χ1v) is 7.82. The largest absolute Gasteiger partial charge is 0.336 e. The highest BCUT2D eigenvalue weighted by molar-refractivity contribution is 9.09. The fourth-order valence-electron chi connectivity index (χ4n) is 2.34. The number of hydrogen-bond donors (Lipinski definition) is 0. The van der Waals surface area contributed by atoms with Gasteiger partial charge in [0.05, 0.1) is 0 Å². The van der Waals surface area contributed by atoms with Gasteiger partial charge in [0.25, 0.3) is 5.91 Å². The maximum absolute atomic E-state index is 12.4. The summed E-state index contributed by atoms with van der Waals surface area (Å²) in [5, 5.41) is 5.26. The Balaban J connectivity index is 1.99. The van der Waals surface area contributed by atoms with Gasteiger partial charge in [-0.2, -0.15) is 5.10 Å². The Kier molecular flexibility index (Phi) is 4.99. The van der Waals surface area contributed by atoms with Crippen molar-refractivity contribution in [2.45, 2.75) is 13.3 Å². The molecule has 19 heavy (non-hydrogen) atoms. The average molecular weight is 329 g/mol. The van der Waals surface area contributed by atoms with E-state index in [9.17, 15) is 4.79 Å². The Labute approximate surface area is 122 Å². The van der Waals surface area contributed by atoms with E-state index in [2.05, 4.69) is 25.9 Å². The Morgan fingerprint density at radius 2 is 2.16 bits per heavy atom. The van der Waals surface area contributed by atoms with E-state index in [1.807, 2.05) is 24.9 Å². The van der Waals surface area contributed by atoms with Gasteiger partial charge in [-0.1, -0.05) is 15.9 Å². The van der Waals surface area contributed by atoms with Gasteiger partial charge in [-0.25, -0.2) is 0 Å². The van der Waals surface area contributed by atoms with Crippen molar-refractivity contribution in [3.05, 3.63) is 17.5 Å². The van der Waals surface area contributed by atoms with Crippen LogP contribution in [0.5, 0.6) is 0 Å². The minimum Gasteiger partial charge on any atom is -0.336 e. The van der Waals surface area contributed by atoms with E-state index in [1.54, 1.807) is 4.68 Å². The summed E-state index contributed by atoms with van der Waals surface area (Å²) in [6.45, 7) is 6.64. The lowest BCUT2D eigenvalue weighted by Crippen LogP contribution is -2.35. The first-order valence-electron chi connectivity index (χ1n) is 6.70.